The van der Waals surface area contributed by atoms with E-state index in [1.807, 2.05) is 30.3 Å². The van der Waals surface area contributed by atoms with Gasteiger partial charge in [0, 0.05) is 5.39 Å². The topological polar surface area (TPSA) is 20.2 Å². The van der Waals surface area contributed by atoms with Crippen LogP contribution in [0.2, 0.25) is 0 Å². The van der Waals surface area contributed by atoms with Crippen LogP contribution in [0.5, 0.6) is 5.75 Å². The molecule has 0 bridgehead atoms. The van der Waals surface area contributed by atoms with Gasteiger partial charge in [-0.3, -0.25) is 0 Å². The van der Waals surface area contributed by atoms with Crippen molar-refractivity contribution in [2.45, 2.75) is 12.6 Å². The van der Waals surface area contributed by atoms with Gasteiger partial charge in [-0.1, -0.05) is 42.5 Å². The molecule has 3 rings (SSSR count). The van der Waals surface area contributed by atoms with Crippen LogP contribution in [-0.4, -0.2) is 5.11 Å². The lowest BCUT2D eigenvalue weighted by Crippen LogP contribution is -2.04. The maximum absolute atomic E-state index is 12.5. The molecule has 3 aromatic rings. The second-order valence-corrected chi connectivity index (χ2v) is 5.21. The van der Waals surface area contributed by atoms with Crippen LogP contribution in [-0.2, 0) is 12.6 Å². The second kappa shape index (κ2) is 5.37. The Bertz CT molecular complexity index is 805. The molecule has 3 aromatic carbocycles. The lowest BCUT2D eigenvalue weighted by atomic mass is 9.99. The molecule has 0 aliphatic heterocycles. The number of phenols is 1. The van der Waals surface area contributed by atoms with E-state index in [-0.39, 0.29) is 5.75 Å². The summed E-state index contributed by atoms with van der Waals surface area (Å²) in [7, 11) is 0. The summed E-state index contributed by atoms with van der Waals surface area (Å²) in [4.78, 5) is 0. The van der Waals surface area contributed by atoms with Crippen molar-refractivity contribution in [3.63, 3.8) is 0 Å². The molecule has 0 saturated carbocycles. The van der Waals surface area contributed by atoms with Gasteiger partial charge in [-0.2, -0.15) is 13.2 Å². The lowest BCUT2D eigenvalue weighted by molar-refractivity contribution is -0.137. The highest BCUT2D eigenvalue weighted by Crippen LogP contribution is 2.30. The third-order valence-corrected chi connectivity index (χ3v) is 3.59. The van der Waals surface area contributed by atoms with E-state index in [4.69, 9.17) is 0 Å². The standard InChI is InChI=1S/C18H13F3O/c19-18(20,21)15-7-5-12(6-8-15)9-13-10-14-3-1-2-4-16(14)17(22)11-13/h1-8,10-11,22H,9H2. The zero-order valence-corrected chi connectivity index (χ0v) is 11.6. The van der Waals surface area contributed by atoms with E-state index in [0.717, 1.165) is 34.0 Å². The molecule has 0 aliphatic rings. The monoisotopic (exact) mass is 302 g/mol. The molecule has 0 saturated heterocycles. The number of phenolic OH excluding ortho intramolecular Hbond substituents is 1. The van der Waals surface area contributed by atoms with Gasteiger partial charge in [0.25, 0.3) is 0 Å². The molecule has 0 fully saturated rings. The van der Waals surface area contributed by atoms with Crippen molar-refractivity contribution in [3.8, 4) is 5.75 Å². The molecule has 0 atom stereocenters. The van der Waals surface area contributed by atoms with Gasteiger partial charge in [-0.25, -0.2) is 0 Å². The Morgan fingerprint density at radius 1 is 0.818 bits per heavy atom. The third-order valence-electron chi connectivity index (χ3n) is 3.59. The highest BCUT2D eigenvalue weighted by atomic mass is 19.4. The van der Waals surface area contributed by atoms with E-state index in [9.17, 15) is 18.3 Å². The van der Waals surface area contributed by atoms with Gasteiger partial charge in [0.1, 0.15) is 5.75 Å². The molecule has 0 heterocycles. The Kier molecular flexibility index (Phi) is 3.53. The number of alkyl halides is 3. The van der Waals surface area contributed by atoms with E-state index in [1.54, 1.807) is 6.07 Å². The summed E-state index contributed by atoms with van der Waals surface area (Å²) < 4.78 is 37.6. The Balaban J connectivity index is 1.90. The van der Waals surface area contributed by atoms with Crippen molar-refractivity contribution < 1.29 is 18.3 Å². The molecule has 0 radical (unpaired) electrons. The average Bonchev–Trinajstić information content (AvgIpc) is 2.47. The van der Waals surface area contributed by atoms with Gasteiger partial charge in [0.15, 0.2) is 0 Å². The van der Waals surface area contributed by atoms with E-state index in [2.05, 4.69) is 0 Å². The van der Waals surface area contributed by atoms with Crippen molar-refractivity contribution in [2.75, 3.05) is 0 Å². The largest absolute Gasteiger partial charge is 0.507 e. The normalized spacial score (nSPS) is 11.8. The molecule has 0 aromatic heterocycles. The highest BCUT2D eigenvalue weighted by molar-refractivity contribution is 5.88. The number of hydrogen-bond donors (Lipinski definition) is 1. The van der Waals surface area contributed by atoms with Gasteiger partial charge < -0.3 is 5.11 Å². The lowest BCUT2D eigenvalue weighted by Gasteiger charge is -2.09. The Morgan fingerprint density at radius 3 is 2.18 bits per heavy atom. The molecular weight excluding hydrogens is 289 g/mol. The van der Waals surface area contributed by atoms with Crippen LogP contribution in [0.25, 0.3) is 10.8 Å². The maximum Gasteiger partial charge on any atom is 0.416 e. The minimum atomic E-state index is -4.32. The molecule has 0 unspecified atom stereocenters. The third kappa shape index (κ3) is 2.91. The van der Waals surface area contributed by atoms with Crippen LogP contribution < -0.4 is 0 Å². The van der Waals surface area contributed by atoms with Gasteiger partial charge in [-0.15, -0.1) is 0 Å². The van der Waals surface area contributed by atoms with E-state index in [0.29, 0.717) is 6.42 Å². The summed E-state index contributed by atoms with van der Waals surface area (Å²) in [6, 6.07) is 16.1. The predicted molar refractivity (Wildman–Crippen MR) is 79.9 cm³/mol. The quantitative estimate of drug-likeness (QED) is 0.693. The minimum Gasteiger partial charge on any atom is -0.507 e. The fourth-order valence-electron chi connectivity index (χ4n) is 2.50. The van der Waals surface area contributed by atoms with E-state index in [1.165, 1.54) is 12.1 Å². The van der Waals surface area contributed by atoms with Crippen LogP contribution in [0, 0.1) is 0 Å². The second-order valence-electron chi connectivity index (χ2n) is 5.21. The Morgan fingerprint density at radius 2 is 1.50 bits per heavy atom. The molecule has 1 N–H and O–H groups in total. The summed E-state index contributed by atoms with van der Waals surface area (Å²) in [5.41, 5.74) is 0.969. The van der Waals surface area contributed by atoms with Gasteiger partial charge in [0.05, 0.1) is 5.56 Å². The summed E-state index contributed by atoms with van der Waals surface area (Å²) >= 11 is 0. The molecule has 0 aliphatic carbocycles. The Labute approximate surface area is 125 Å². The maximum atomic E-state index is 12.5. The molecule has 22 heavy (non-hydrogen) atoms. The zero-order chi connectivity index (χ0) is 15.7. The van der Waals surface area contributed by atoms with Crippen LogP contribution in [0.3, 0.4) is 0 Å². The number of rotatable bonds is 2. The van der Waals surface area contributed by atoms with Crippen molar-refractivity contribution in [1.82, 2.24) is 0 Å². The number of aromatic hydroxyl groups is 1. The van der Waals surface area contributed by atoms with Crippen LogP contribution in [0.1, 0.15) is 16.7 Å². The number of fused-ring (bicyclic) bond motifs is 1. The molecule has 112 valence electrons. The van der Waals surface area contributed by atoms with E-state index >= 15 is 0 Å². The molecule has 4 heteroatoms. The first-order chi connectivity index (χ1) is 10.4. The van der Waals surface area contributed by atoms with Gasteiger partial charge in [-0.05, 0) is 41.1 Å². The number of halogens is 3. The minimum absolute atomic E-state index is 0.181. The molecule has 0 amide bonds. The summed E-state index contributed by atoms with van der Waals surface area (Å²) in [6.45, 7) is 0. The highest BCUT2D eigenvalue weighted by Gasteiger charge is 2.29. The van der Waals surface area contributed by atoms with Gasteiger partial charge in [0.2, 0.25) is 0 Å². The summed E-state index contributed by atoms with van der Waals surface area (Å²) in [5, 5.41) is 11.7. The Hall–Kier alpha value is -2.49. The SMILES string of the molecule is Oc1cc(Cc2ccc(C(F)(F)F)cc2)cc2ccccc12. The predicted octanol–water partition coefficient (Wildman–Crippen LogP) is 5.16. The smallest absolute Gasteiger partial charge is 0.416 e. The average molecular weight is 302 g/mol. The first-order valence-electron chi connectivity index (χ1n) is 6.80. The van der Waals surface area contributed by atoms with Crippen LogP contribution in [0.4, 0.5) is 13.2 Å². The fourth-order valence-corrected chi connectivity index (χ4v) is 2.50. The van der Waals surface area contributed by atoms with Gasteiger partial charge >= 0.3 is 6.18 Å². The van der Waals surface area contributed by atoms with Crippen molar-refractivity contribution in [1.29, 1.82) is 0 Å². The van der Waals surface area contributed by atoms with Crippen molar-refractivity contribution >= 4 is 10.8 Å². The summed E-state index contributed by atoms with van der Waals surface area (Å²) in [5.74, 6) is 0.181. The summed E-state index contributed by atoms with van der Waals surface area (Å²) in [6.07, 6.45) is -3.85. The van der Waals surface area contributed by atoms with E-state index < -0.39 is 11.7 Å². The van der Waals surface area contributed by atoms with Crippen LogP contribution in [0.15, 0.2) is 60.7 Å². The zero-order valence-electron chi connectivity index (χ0n) is 11.6. The van der Waals surface area contributed by atoms with Crippen molar-refractivity contribution in [3.05, 3.63) is 77.4 Å². The molecular formula is C18H13F3O. The number of benzene rings is 3. The van der Waals surface area contributed by atoms with Crippen molar-refractivity contribution in [2.24, 2.45) is 0 Å². The first kappa shape index (κ1) is 14.4. The fraction of sp³-hybridized carbons (Fsp3) is 0.111. The first-order valence-corrected chi connectivity index (χ1v) is 6.80. The van der Waals surface area contributed by atoms with Crippen LogP contribution >= 0.6 is 0 Å². The number of hydrogen-bond acceptors (Lipinski definition) is 1. The molecule has 0 spiro atoms. The molecule has 1 nitrogen and oxygen atoms in total.